The van der Waals surface area contributed by atoms with Crippen molar-refractivity contribution in [2.45, 2.75) is 6.92 Å². The van der Waals surface area contributed by atoms with E-state index in [9.17, 15) is 4.79 Å². The minimum Gasteiger partial charge on any atom is -0.476 e. The number of oxazole rings is 1. The largest absolute Gasteiger partial charge is 0.476 e. The number of carboxylic acid groups (broad SMARTS) is 1. The second kappa shape index (κ2) is 4.47. The van der Waals surface area contributed by atoms with Gasteiger partial charge in [-0.05, 0) is 24.6 Å². The van der Waals surface area contributed by atoms with Gasteiger partial charge in [0.1, 0.15) is 12.0 Å². The molecular weight excluding hydrogens is 246 g/mol. The molecule has 2 rings (SSSR count). The van der Waals surface area contributed by atoms with Gasteiger partial charge >= 0.3 is 12.0 Å². The zero-order chi connectivity index (χ0) is 12.4. The van der Waals surface area contributed by atoms with Crippen molar-refractivity contribution in [2.24, 2.45) is 0 Å². The van der Waals surface area contributed by atoms with Gasteiger partial charge in [-0.2, -0.15) is 4.98 Å². The van der Waals surface area contributed by atoms with Crippen LogP contribution >= 0.6 is 11.6 Å². The monoisotopic (exact) mass is 253 g/mol. The van der Waals surface area contributed by atoms with Gasteiger partial charge in [-0.1, -0.05) is 17.7 Å². The lowest BCUT2D eigenvalue weighted by Gasteiger charge is -2.04. The van der Waals surface area contributed by atoms with Crippen molar-refractivity contribution in [2.75, 3.05) is 0 Å². The summed E-state index contributed by atoms with van der Waals surface area (Å²) in [5.41, 5.74) is 0.629. The van der Waals surface area contributed by atoms with Crippen molar-refractivity contribution in [3.05, 3.63) is 40.7 Å². The van der Waals surface area contributed by atoms with Crippen molar-refractivity contribution in [1.29, 1.82) is 0 Å². The maximum atomic E-state index is 10.6. The summed E-state index contributed by atoms with van der Waals surface area (Å²) < 4.78 is 10.2. The molecule has 1 heterocycles. The maximum Gasteiger partial charge on any atom is 0.399 e. The Hall–Kier alpha value is -2.01. The minimum atomic E-state index is -1.17. The third kappa shape index (κ3) is 2.57. The first kappa shape index (κ1) is 11.5. The van der Waals surface area contributed by atoms with Crippen molar-refractivity contribution in [3.8, 4) is 11.8 Å². The standard InChI is InChI=1S/C11H8ClNO4/c1-6-2-3-7(12)4-9(6)17-11-13-8(5-16-11)10(14)15/h2-5H,1H3,(H,14,15). The third-order valence-corrected chi connectivity index (χ3v) is 2.28. The van der Waals surface area contributed by atoms with Crippen molar-refractivity contribution in [3.63, 3.8) is 0 Å². The van der Waals surface area contributed by atoms with E-state index in [0.717, 1.165) is 11.8 Å². The van der Waals surface area contributed by atoms with Crippen LogP contribution in [0.25, 0.3) is 0 Å². The Morgan fingerprint density at radius 1 is 1.53 bits per heavy atom. The van der Waals surface area contributed by atoms with Crippen LogP contribution < -0.4 is 4.74 Å². The van der Waals surface area contributed by atoms with E-state index in [1.807, 2.05) is 6.92 Å². The minimum absolute atomic E-state index is 0.132. The fraction of sp³-hybridized carbons (Fsp3) is 0.0909. The molecule has 0 amide bonds. The molecule has 0 aliphatic rings. The molecule has 1 aromatic carbocycles. The van der Waals surface area contributed by atoms with Gasteiger partial charge < -0.3 is 14.3 Å². The number of carboxylic acids is 1. The zero-order valence-electron chi connectivity index (χ0n) is 8.81. The highest BCUT2D eigenvalue weighted by Gasteiger charge is 2.12. The van der Waals surface area contributed by atoms with Crippen LogP contribution in [-0.4, -0.2) is 16.1 Å². The van der Waals surface area contributed by atoms with E-state index in [2.05, 4.69) is 4.98 Å². The first-order valence-corrected chi connectivity index (χ1v) is 5.07. The quantitative estimate of drug-likeness (QED) is 0.910. The lowest BCUT2D eigenvalue weighted by molar-refractivity contribution is 0.0690. The Labute approximate surface area is 102 Å². The number of aromatic carboxylic acids is 1. The molecule has 1 aromatic heterocycles. The topological polar surface area (TPSA) is 72.6 Å². The Balaban J connectivity index is 2.25. The summed E-state index contributed by atoms with van der Waals surface area (Å²) in [5, 5.41) is 9.17. The molecule has 0 saturated carbocycles. The van der Waals surface area contributed by atoms with E-state index in [-0.39, 0.29) is 11.8 Å². The Kier molecular flexibility index (Phi) is 3.01. The molecular formula is C11H8ClNO4. The summed E-state index contributed by atoms with van der Waals surface area (Å²) in [4.78, 5) is 14.2. The molecule has 5 nitrogen and oxygen atoms in total. The summed E-state index contributed by atoms with van der Waals surface area (Å²) in [6.45, 7) is 1.83. The van der Waals surface area contributed by atoms with Gasteiger partial charge in [0.2, 0.25) is 0 Å². The van der Waals surface area contributed by atoms with Crippen molar-refractivity contribution < 1.29 is 19.1 Å². The van der Waals surface area contributed by atoms with Gasteiger partial charge in [-0.25, -0.2) is 4.79 Å². The molecule has 0 fully saturated rings. The van der Waals surface area contributed by atoms with Crippen LogP contribution in [0.2, 0.25) is 5.02 Å². The molecule has 0 atom stereocenters. The van der Waals surface area contributed by atoms with Gasteiger partial charge in [0.15, 0.2) is 5.69 Å². The number of ether oxygens (including phenoxy) is 1. The summed E-state index contributed by atoms with van der Waals surface area (Å²) in [6.07, 6.45) is 0.880. The summed E-state index contributed by atoms with van der Waals surface area (Å²) >= 11 is 5.81. The van der Waals surface area contributed by atoms with Gasteiger partial charge in [0.25, 0.3) is 0 Å². The molecule has 0 aliphatic heterocycles. The predicted octanol–water partition coefficient (Wildman–Crippen LogP) is 3.13. The van der Waals surface area contributed by atoms with Crippen LogP contribution in [0.15, 0.2) is 28.9 Å². The van der Waals surface area contributed by atoms with E-state index in [1.54, 1.807) is 18.2 Å². The molecule has 17 heavy (non-hydrogen) atoms. The second-order valence-electron chi connectivity index (χ2n) is 3.32. The fourth-order valence-corrected chi connectivity index (χ4v) is 1.34. The predicted molar refractivity (Wildman–Crippen MR) is 59.7 cm³/mol. The molecule has 2 aromatic rings. The van der Waals surface area contributed by atoms with Crippen LogP contribution in [-0.2, 0) is 0 Å². The van der Waals surface area contributed by atoms with E-state index < -0.39 is 5.97 Å². The highest BCUT2D eigenvalue weighted by Crippen LogP contribution is 2.27. The smallest absolute Gasteiger partial charge is 0.399 e. The first-order chi connectivity index (χ1) is 8.06. The normalized spacial score (nSPS) is 10.2. The number of hydrogen-bond donors (Lipinski definition) is 1. The number of aryl methyl sites for hydroxylation is 1. The molecule has 88 valence electrons. The molecule has 0 spiro atoms. The van der Waals surface area contributed by atoms with E-state index >= 15 is 0 Å². The number of benzene rings is 1. The number of rotatable bonds is 3. The summed E-state index contributed by atoms with van der Waals surface area (Å²) in [6, 6.07) is 5.10. The van der Waals surface area contributed by atoms with Gasteiger partial charge in [-0.3, -0.25) is 0 Å². The van der Waals surface area contributed by atoms with E-state index in [1.165, 1.54) is 0 Å². The lowest BCUT2D eigenvalue weighted by Crippen LogP contribution is -1.96. The van der Waals surface area contributed by atoms with E-state index in [4.69, 9.17) is 25.9 Å². The fourth-order valence-electron chi connectivity index (χ4n) is 1.18. The van der Waals surface area contributed by atoms with Crippen LogP contribution in [0.4, 0.5) is 0 Å². The average Bonchev–Trinajstić information content (AvgIpc) is 2.72. The molecule has 0 aliphatic carbocycles. The first-order valence-electron chi connectivity index (χ1n) is 4.69. The van der Waals surface area contributed by atoms with Gasteiger partial charge in [0.05, 0.1) is 0 Å². The molecule has 0 radical (unpaired) electrons. The summed E-state index contributed by atoms with van der Waals surface area (Å²) in [5.74, 6) is -0.706. The molecule has 1 N–H and O–H groups in total. The van der Waals surface area contributed by atoms with Crippen molar-refractivity contribution in [1.82, 2.24) is 4.98 Å². The number of carbonyl (C=O) groups is 1. The number of nitrogens with zero attached hydrogens (tertiary/aromatic N) is 1. The van der Waals surface area contributed by atoms with Gasteiger partial charge in [-0.15, -0.1) is 0 Å². The highest BCUT2D eigenvalue weighted by atomic mass is 35.5. The van der Waals surface area contributed by atoms with Gasteiger partial charge in [0, 0.05) is 5.02 Å². The Bertz CT molecular complexity index is 564. The molecule has 0 unspecified atom stereocenters. The molecule has 0 saturated heterocycles. The highest BCUT2D eigenvalue weighted by molar-refractivity contribution is 6.30. The van der Waals surface area contributed by atoms with Crippen LogP contribution in [0.5, 0.6) is 11.8 Å². The zero-order valence-corrected chi connectivity index (χ0v) is 9.56. The lowest BCUT2D eigenvalue weighted by atomic mass is 10.2. The number of hydrogen-bond acceptors (Lipinski definition) is 4. The van der Waals surface area contributed by atoms with Crippen molar-refractivity contribution >= 4 is 17.6 Å². The average molecular weight is 254 g/mol. The van der Waals surface area contributed by atoms with Crippen LogP contribution in [0, 0.1) is 6.92 Å². The SMILES string of the molecule is Cc1ccc(Cl)cc1Oc1nc(C(=O)O)co1. The number of aromatic nitrogens is 1. The third-order valence-electron chi connectivity index (χ3n) is 2.05. The maximum absolute atomic E-state index is 10.6. The Morgan fingerprint density at radius 3 is 2.94 bits per heavy atom. The van der Waals surface area contributed by atoms with E-state index in [0.29, 0.717) is 10.8 Å². The van der Waals surface area contributed by atoms with Crippen LogP contribution in [0.3, 0.4) is 0 Å². The molecule has 6 heteroatoms. The Morgan fingerprint density at radius 2 is 2.29 bits per heavy atom. The summed E-state index contributed by atoms with van der Waals surface area (Å²) in [7, 11) is 0. The molecule has 0 bridgehead atoms. The van der Waals surface area contributed by atoms with Crippen LogP contribution in [0.1, 0.15) is 16.1 Å². The second-order valence-corrected chi connectivity index (χ2v) is 3.75. The number of halogens is 1.